The largest absolute Gasteiger partial charge is 0.480 e. The molecule has 0 spiro atoms. The number of hydrogen-bond donors (Lipinski definition) is 1. The Morgan fingerprint density at radius 2 is 1.77 bits per heavy atom. The fourth-order valence-corrected chi connectivity index (χ4v) is 3.44. The van der Waals surface area contributed by atoms with Crippen molar-refractivity contribution in [1.82, 2.24) is 4.90 Å². The van der Waals surface area contributed by atoms with E-state index in [0.717, 1.165) is 17.2 Å². The summed E-state index contributed by atoms with van der Waals surface area (Å²) >= 11 is 6.08. The molecule has 0 fully saturated rings. The number of carbonyl (C=O) groups excluding carboxylic acids is 1. The molecule has 0 saturated heterocycles. The Bertz CT molecular complexity index is 1070. The minimum Gasteiger partial charge on any atom is -0.480 e. The second-order valence-corrected chi connectivity index (χ2v) is 7.39. The third-order valence-electron chi connectivity index (χ3n) is 4.85. The minimum atomic E-state index is -1.34. The van der Waals surface area contributed by atoms with Crippen molar-refractivity contribution in [1.29, 1.82) is 0 Å². The molecule has 1 N–H and O–H groups in total. The highest BCUT2D eigenvalue weighted by Gasteiger charge is 2.24. The van der Waals surface area contributed by atoms with Gasteiger partial charge in [0.2, 0.25) is 0 Å². The molecule has 7 heteroatoms. The lowest BCUT2D eigenvalue weighted by Crippen LogP contribution is -2.36. The van der Waals surface area contributed by atoms with Crippen molar-refractivity contribution in [2.45, 2.75) is 19.5 Å². The summed E-state index contributed by atoms with van der Waals surface area (Å²) in [5.74, 6) is -3.06. The van der Waals surface area contributed by atoms with E-state index < -0.39 is 30.1 Å². The normalized spacial score (nSPS) is 11.6. The molecule has 3 aromatic carbocycles. The molecule has 0 radical (unpaired) electrons. The summed E-state index contributed by atoms with van der Waals surface area (Å²) in [6.07, 6.45) is 0. The maximum absolute atomic E-state index is 14.1. The van der Waals surface area contributed by atoms with Crippen LogP contribution in [-0.2, 0) is 11.3 Å². The van der Waals surface area contributed by atoms with Gasteiger partial charge >= 0.3 is 5.97 Å². The molecule has 3 rings (SSSR count). The molecule has 5 nitrogen and oxygen atoms in total. The molecule has 0 aromatic heterocycles. The number of nitrogens with zero attached hydrogens (tertiary/aromatic N) is 1. The molecule has 0 bridgehead atoms. The first kappa shape index (κ1) is 22.3. The lowest BCUT2D eigenvalue weighted by atomic mass is 10.1. The number of aromatic carboxylic acids is 1. The molecule has 0 aliphatic carbocycles. The monoisotopic (exact) mass is 441 g/mol. The van der Waals surface area contributed by atoms with Crippen LogP contribution in [0.25, 0.3) is 0 Å². The molecule has 1 atom stereocenters. The average Bonchev–Trinajstić information content (AvgIpc) is 2.76. The molecule has 0 aliphatic rings. The van der Waals surface area contributed by atoms with Gasteiger partial charge in [-0.15, -0.1) is 0 Å². The smallest absolute Gasteiger partial charge is 0.339 e. The number of carboxylic acid groups (broad SMARTS) is 1. The molecular weight excluding hydrogens is 421 g/mol. The predicted octanol–water partition coefficient (Wildman–Crippen LogP) is 5.35. The number of carboxylic acids is 1. The van der Waals surface area contributed by atoms with E-state index >= 15 is 0 Å². The van der Waals surface area contributed by atoms with E-state index in [9.17, 15) is 19.1 Å². The van der Waals surface area contributed by atoms with Gasteiger partial charge in [0.05, 0.1) is 6.04 Å². The molecule has 0 aliphatic heterocycles. The summed E-state index contributed by atoms with van der Waals surface area (Å²) in [5.41, 5.74) is 1.39. The lowest BCUT2D eigenvalue weighted by Gasteiger charge is -2.30. The first-order chi connectivity index (χ1) is 14.9. The van der Waals surface area contributed by atoms with Crippen LogP contribution in [0.5, 0.6) is 5.75 Å². The average molecular weight is 442 g/mol. The lowest BCUT2D eigenvalue weighted by molar-refractivity contribution is -0.136. The first-order valence-corrected chi connectivity index (χ1v) is 9.98. The Labute approximate surface area is 184 Å². The van der Waals surface area contributed by atoms with Crippen LogP contribution in [0.3, 0.4) is 0 Å². The van der Waals surface area contributed by atoms with Crippen molar-refractivity contribution >= 4 is 23.5 Å². The Morgan fingerprint density at radius 1 is 1.06 bits per heavy atom. The first-order valence-electron chi connectivity index (χ1n) is 9.60. The number of benzene rings is 3. The van der Waals surface area contributed by atoms with Crippen LogP contribution in [0.15, 0.2) is 72.8 Å². The van der Waals surface area contributed by atoms with E-state index in [2.05, 4.69) is 0 Å². The highest BCUT2D eigenvalue weighted by atomic mass is 35.5. The molecule has 160 valence electrons. The molecule has 0 unspecified atom stereocenters. The predicted molar refractivity (Wildman–Crippen MR) is 116 cm³/mol. The number of rotatable bonds is 8. The number of amides is 1. The molecule has 31 heavy (non-hydrogen) atoms. The van der Waals surface area contributed by atoms with Crippen LogP contribution in [-0.4, -0.2) is 28.5 Å². The van der Waals surface area contributed by atoms with E-state index in [4.69, 9.17) is 16.3 Å². The van der Waals surface area contributed by atoms with E-state index in [0.29, 0.717) is 5.02 Å². The second-order valence-electron chi connectivity index (χ2n) is 6.95. The molecule has 3 aromatic rings. The van der Waals surface area contributed by atoms with Crippen molar-refractivity contribution < 1.29 is 23.8 Å². The van der Waals surface area contributed by atoms with Gasteiger partial charge in [-0.25, -0.2) is 9.18 Å². The third-order valence-corrected chi connectivity index (χ3v) is 5.08. The standard InChI is InChI=1S/C24H21ClFNO4/c1-16(18-8-3-2-4-9-18)27(14-17-7-5-10-19(25)13-17)22(28)15-31-23-20(24(29)30)11-6-12-21(23)26/h2-13,16H,14-15H2,1H3,(H,29,30)/t16-/m0/s1. The van der Waals surface area contributed by atoms with Crippen molar-refractivity contribution in [2.75, 3.05) is 6.61 Å². The van der Waals surface area contributed by atoms with E-state index in [1.165, 1.54) is 12.1 Å². The van der Waals surface area contributed by atoms with Gasteiger partial charge in [-0.05, 0) is 42.3 Å². The Morgan fingerprint density at radius 3 is 2.45 bits per heavy atom. The minimum absolute atomic E-state index is 0.252. The fourth-order valence-electron chi connectivity index (χ4n) is 3.23. The third kappa shape index (κ3) is 5.61. The molecule has 0 saturated carbocycles. The summed E-state index contributed by atoms with van der Waals surface area (Å²) in [7, 11) is 0. The topological polar surface area (TPSA) is 66.8 Å². The van der Waals surface area contributed by atoms with Crippen molar-refractivity contribution in [3.8, 4) is 5.75 Å². The van der Waals surface area contributed by atoms with Crippen molar-refractivity contribution in [3.63, 3.8) is 0 Å². The number of carbonyl (C=O) groups is 2. The van der Waals surface area contributed by atoms with Crippen LogP contribution in [0, 0.1) is 5.82 Å². The molecule has 0 heterocycles. The zero-order chi connectivity index (χ0) is 22.4. The quantitative estimate of drug-likeness (QED) is 0.512. The van der Waals surface area contributed by atoms with E-state index in [-0.39, 0.29) is 18.2 Å². The molecular formula is C24H21ClFNO4. The van der Waals surface area contributed by atoms with Crippen molar-refractivity contribution in [3.05, 3.63) is 100 Å². The van der Waals surface area contributed by atoms with E-state index in [1.54, 1.807) is 23.1 Å². The van der Waals surface area contributed by atoms with Crippen molar-refractivity contribution in [2.24, 2.45) is 0 Å². The zero-order valence-corrected chi connectivity index (χ0v) is 17.6. The zero-order valence-electron chi connectivity index (χ0n) is 16.8. The Balaban J connectivity index is 1.85. The molecule has 1 amide bonds. The second kappa shape index (κ2) is 10.1. The Hall–Kier alpha value is -3.38. The SMILES string of the molecule is C[C@@H](c1ccccc1)N(Cc1cccc(Cl)c1)C(=O)COc1c(F)cccc1C(=O)O. The Kier molecular flexibility index (Phi) is 7.26. The van der Waals surface area contributed by atoms with Gasteiger partial charge in [0.25, 0.3) is 5.91 Å². The van der Waals surface area contributed by atoms with Crippen LogP contribution in [0.2, 0.25) is 5.02 Å². The summed E-state index contributed by atoms with van der Waals surface area (Å²) in [6, 6.07) is 19.9. The summed E-state index contributed by atoms with van der Waals surface area (Å²) in [5, 5.41) is 9.81. The van der Waals surface area contributed by atoms with Gasteiger partial charge in [-0.2, -0.15) is 0 Å². The summed E-state index contributed by atoms with van der Waals surface area (Å²) in [6.45, 7) is 1.62. The number of hydrogen-bond acceptors (Lipinski definition) is 3. The maximum atomic E-state index is 14.1. The van der Waals surface area contributed by atoms with Gasteiger partial charge in [-0.1, -0.05) is 60.1 Å². The number of halogens is 2. The van der Waals surface area contributed by atoms with Gasteiger partial charge in [0.1, 0.15) is 5.56 Å². The highest BCUT2D eigenvalue weighted by molar-refractivity contribution is 6.30. The number of ether oxygens (including phenoxy) is 1. The highest BCUT2D eigenvalue weighted by Crippen LogP contribution is 2.26. The van der Waals surface area contributed by atoms with Gasteiger partial charge in [0.15, 0.2) is 18.2 Å². The van der Waals surface area contributed by atoms with Crippen LogP contribution in [0.1, 0.15) is 34.5 Å². The van der Waals surface area contributed by atoms with Gasteiger partial charge in [0, 0.05) is 11.6 Å². The summed E-state index contributed by atoms with van der Waals surface area (Å²) < 4.78 is 19.5. The number of para-hydroxylation sites is 1. The fraction of sp³-hybridized carbons (Fsp3) is 0.167. The van der Waals surface area contributed by atoms with Crippen LogP contribution in [0.4, 0.5) is 4.39 Å². The van der Waals surface area contributed by atoms with Gasteiger partial charge in [-0.3, -0.25) is 4.79 Å². The van der Waals surface area contributed by atoms with E-state index in [1.807, 2.05) is 43.3 Å². The van der Waals surface area contributed by atoms with Crippen LogP contribution >= 0.6 is 11.6 Å². The van der Waals surface area contributed by atoms with Gasteiger partial charge < -0.3 is 14.7 Å². The summed E-state index contributed by atoms with van der Waals surface area (Å²) in [4.78, 5) is 26.1. The van der Waals surface area contributed by atoms with Crippen LogP contribution < -0.4 is 4.74 Å². The maximum Gasteiger partial charge on any atom is 0.339 e.